The molecule has 0 radical (unpaired) electrons. The second-order valence-electron chi connectivity index (χ2n) is 3.22. The van der Waals surface area contributed by atoms with Crippen LogP contribution in [0.4, 0.5) is 0 Å². The van der Waals surface area contributed by atoms with Gasteiger partial charge in [-0.05, 0) is 0 Å². The first-order valence-electron chi connectivity index (χ1n) is 4.23. The molecular formula is C6H15N3O4S3. The Kier molecular flexibility index (Phi) is 5.76. The molecule has 0 aromatic heterocycles. The van der Waals surface area contributed by atoms with Crippen LogP contribution >= 0.6 is 12.2 Å². The number of thiocarbonyl (C=S) groups is 1. The molecule has 0 unspecified atom stereocenters. The van der Waals surface area contributed by atoms with Crippen LogP contribution in [0.15, 0.2) is 0 Å². The number of rotatable bonds is 7. The van der Waals surface area contributed by atoms with Gasteiger partial charge in [0.15, 0.2) is 0 Å². The van der Waals surface area contributed by atoms with E-state index in [1.54, 1.807) is 0 Å². The Bertz CT molecular complexity index is 440. The first kappa shape index (κ1) is 15.7. The molecule has 0 saturated heterocycles. The Morgan fingerprint density at radius 3 is 2.19 bits per heavy atom. The molecule has 0 rings (SSSR count). The van der Waals surface area contributed by atoms with Gasteiger partial charge in [-0.15, -0.1) is 0 Å². The first-order valence-corrected chi connectivity index (χ1v) is 7.89. The summed E-state index contributed by atoms with van der Waals surface area (Å²) in [6.07, 6.45) is 0. The number of hydrogen-bond donors (Lipinski definition) is 2. The maximum Gasteiger partial charge on any atom is 0.218 e. The Morgan fingerprint density at radius 2 is 1.81 bits per heavy atom. The summed E-state index contributed by atoms with van der Waals surface area (Å²) in [5, 5.41) is 0. The lowest BCUT2D eigenvalue weighted by atomic mass is 10.8. The monoisotopic (exact) mass is 289 g/mol. The van der Waals surface area contributed by atoms with Crippen molar-refractivity contribution >= 4 is 37.3 Å². The average molecular weight is 289 g/mol. The number of nitrogens with zero attached hydrogens (tertiary/aromatic N) is 1. The second-order valence-corrected chi connectivity index (χ2v) is 7.85. The van der Waals surface area contributed by atoms with Crippen LogP contribution in [0.25, 0.3) is 0 Å². The molecule has 96 valence electrons. The quantitative estimate of drug-likeness (QED) is 0.529. The van der Waals surface area contributed by atoms with Gasteiger partial charge in [-0.2, -0.15) is 0 Å². The molecule has 0 fully saturated rings. The lowest BCUT2D eigenvalue weighted by molar-refractivity contribution is 0.519. The third-order valence-corrected chi connectivity index (χ3v) is 5.07. The zero-order valence-corrected chi connectivity index (χ0v) is 11.5. The number of nitrogens with two attached hydrogens (primary N) is 1. The Hall–Kier alpha value is -0.290. The fourth-order valence-corrected chi connectivity index (χ4v) is 2.96. The van der Waals surface area contributed by atoms with Gasteiger partial charge in [-0.3, -0.25) is 0 Å². The highest BCUT2D eigenvalue weighted by molar-refractivity contribution is 7.92. The van der Waals surface area contributed by atoms with Crippen LogP contribution in [-0.2, 0) is 20.0 Å². The predicted octanol–water partition coefficient (Wildman–Crippen LogP) is -1.92. The van der Waals surface area contributed by atoms with E-state index in [1.807, 2.05) is 0 Å². The highest BCUT2D eigenvalue weighted by Gasteiger charge is 2.16. The molecule has 0 heterocycles. The topological polar surface area (TPSA) is 110 Å². The molecule has 0 amide bonds. The van der Waals surface area contributed by atoms with Crippen molar-refractivity contribution in [2.24, 2.45) is 5.73 Å². The Morgan fingerprint density at radius 1 is 1.31 bits per heavy atom. The van der Waals surface area contributed by atoms with Crippen LogP contribution in [0, 0.1) is 0 Å². The molecule has 3 N–H and O–H groups in total. The standard InChI is InChI=1S/C6H15N3O4S3/c1-9(2)16(12,13)4-3-8-15(10,11)5-6(7)14/h8H,3-5H2,1-2H3,(H2,7,14). The minimum absolute atomic E-state index is 0.164. The van der Waals surface area contributed by atoms with E-state index in [4.69, 9.17) is 5.73 Å². The third-order valence-electron chi connectivity index (χ3n) is 1.57. The van der Waals surface area contributed by atoms with Crippen LogP contribution in [0.1, 0.15) is 0 Å². The van der Waals surface area contributed by atoms with Crippen molar-refractivity contribution in [3.63, 3.8) is 0 Å². The van der Waals surface area contributed by atoms with E-state index in [-0.39, 0.29) is 17.3 Å². The van der Waals surface area contributed by atoms with E-state index < -0.39 is 25.8 Å². The van der Waals surface area contributed by atoms with Gasteiger partial charge < -0.3 is 5.73 Å². The van der Waals surface area contributed by atoms with E-state index >= 15 is 0 Å². The summed E-state index contributed by atoms with van der Waals surface area (Å²) in [5.74, 6) is -0.791. The van der Waals surface area contributed by atoms with E-state index in [0.29, 0.717) is 0 Å². The van der Waals surface area contributed by atoms with Gasteiger partial charge in [0.25, 0.3) is 0 Å². The second kappa shape index (κ2) is 5.87. The predicted molar refractivity (Wildman–Crippen MR) is 66.0 cm³/mol. The van der Waals surface area contributed by atoms with Crippen molar-refractivity contribution in [1.29, 1.82) is 0 Å². The molecule has 0 aliphatic heterocycles. The number of sulfonamides is 2. The first-order chi connectivity index (χ1) is 7.07. The van der Waals surface area contributed by atoms with Crippen molar-refractivity contribution in [1.82, 2.24) is 9.03 Å². The van der Waals surface area contributed by atoms with E-state index in [0.717, 1.165) is 4.31 Å². The maximum absolute atomic E-state index is 11.3. The van der Waals surface area contributed by atoms with Gasteiger partial charge in [0.2, 0.25) is 20.0 Å². The molecule has 0 aliphatic carbocycles. The molecule has 10 heteroatoms. The zero-order chi connectivity index (χ0) is 13.0. The molecule has 7 nitrogen and oxygen atoms in total. The van der Waals surface area contributed by atoms with Gasteiger partial charge in [0, 0.05) is 20.6 Å². The molecule has 0 atom stereocenters. The minimum atomic E-state index is -3.63. The van der Waals surface area contributed by atoms with Crippen LogP contribution < -0.4 is 10.5 Å². The van der Waals surface area contributed by atoms with Crippen molar-refractivity contribution in [2.75, 3.05) is 32.1 Å². The highest BCUT2D eigenvalue weighted by atomic mass is 32.2. The minimum Gasteiger partial charge on any atom is -0.392 e. The molecule has 0 aromatic rings. The zero-order valence-electron chi connectivity index (χ0n) is 9.00. The van der Waals surface area contributed by atoms with Crippen LogP contribution in [0.3, 0.4) is 0 Å². The number of hydrogen-bond acceptors (Lipinski definition) is 5. The molecule has 0 saturated carbocycles. The normalized spacial score (nSPS) is 12.9. The summed E-state index contributed by atoms with van der Waals surface area (Å²) in [4.78, 5) is -0.164. The molecule has 0 spiro atoms. The molecule has 0 aliphatic rings. The van der Waals surface area contributed by atoms with Crippen LogP contribution in [0.2, 0.25) is 0 Å². The molecular weight excluding hydrogens is 274 g/mol. The Labute approximate surface area is 101 Å². The van der Waals surface area contributed by atoms with E-state index in [9.17, 15) is 16.8 Å². The molecule has 16 heavy (non-hydrogen) atoms. The average Bonchev–Trinajstić information content (AvgIpc) is 1.99. The fraction of sp³-hybridized carbons (Fsp3) is 0.833. The third kappa shape index (κ3) is 6.33. The highest BCUT2D eigenvalue weighted by Crippen LogP contribution is 1.93. The maximum atomic E-state index is 11.3. The summed E-state index contributed by atoms with van der Waals surface area (Å²) >= 11 is 4.44. The molecule has 0 bridgehead atoms. The molecule has 0 aromatic carbocycles. The Balaban J connectivity index is 4.25. The largest absolute Gasteiger partial charge is 0.392 e. The summed E-state index contributed by atoms with van der Waals surface area (Å²) < 4.78 is 48.1. The number of nitrogens with one attached hydrogen (secondary N) is 1. The van der Waals surface area contributed by atoms with Crippen molar-refractivity contribution < 1.29 is 16.8 Å². The lowest BCUT2D eigenvalue weighted by Crippen LogP contribution is -2.37. The fourth-order valence-electron chi connectivity index (χ4n) is 0.747. The van der Waals surface area contributed by atoms with Crippen molar-refractivity contribution in [2.45, 2.75) is 0 Å². The SMILES string of the molecule is CN(C)S(=O)(=O)CCNS(=O)(=O)CC(N)=S. The van der Waals surface area contributed by atoms with E-state index in [1.165, 1.54) is 14.1 Å². The summed E-state index contributed by atoms with van der Waals surface area (Å²) in [5.41, 5.74) is 5.07. The van der Waals surface area contributed by atoms with Gasteiger partial charge in [0.1, 0.15) is 5.75 Å². The van der Waals surface area contributed by atoms with Gasteiger partial charge in [-0.25, -0.2) is 25.9 Å². The van der Waals surface area contributed by atoms with Gasteiger partial charge in [0.05, 0.1) is 10.7 Å². The smallest absolute Gasteiger partial charge is 0.218 e. The van der Waals surface area contributed by atoms with Crippen LogP contribution in [-0.4, -0.2) is 58.3 Å². The summed E-state index contributed by atoms with van der Waals surface area (Å²) in [6.45, 7) is -0.203. The summed E-state index contributed by atoms with van der Waals surface area (Å²) in [6, 6.07) is 0. The van der Waals surface area contributed by atoms with Crippen molar-refractivity contribution in [3.8, 4) is 0 Å². The van der Waals surface area contributed by atoms with Crippen LogP contribution in [0.5, 0.6) is 0 Å². The summed E-state index contributed by atoms with van der Waals surface area (Å²) in [7, 11) is -4.29. The van der Waals surface area contributed by atoms with Crippen molar-refractivity contribution in [3.05, 3.63) is 0 Å². The lowest BCUT2D eigenvalue weighted by Gasteiger charge is -2.11. The van der Waals surface area contributed by atoms with Gasteiger partial charge >= 0.3 is 0 Å². The van der Waals surface area contributed by atoms with E-state index in [2.05, 4.69) is 16.9 Å². The van der Waals surface area contributed by atoms with Gasteiger partial charge in [-0.1, -0.05) is 12.2 Å².